The summed E-state index contributed by atoms with van der Waals surface area (Å²) in [4.78, 5) is 78.9. The van der Waals surface area contributed by atoms with E-state index in [0.29, 0.717) is 11.3 Å². The van der Waals surface area contributed by atoms with E-state index in [1.807, 2.05) is 6.08 Å². The van der Waals surface area contributed by atoms with Gasteiger partial charge in [0, 0.05) is 37.4 Å². The molecule has 6 atom stereocenters. The molecule has 2 aliphatic carbocycles. The van der Waals surface area contributed by atoms with E-state index >= 15 is 0 Å². The molecule has 4 amide bonds. The summed E-state index contributed by atoms with van der Waals surface area (Å²) in [6.07, 6.45) is 2.25. The van der Waals surface area contributed by atoms with Gasteiger partial charge in [-0.2, -0.15) is 0 Å². The number of carbonyl (C=O) groups is 6. The van der Waals surface area contributed by atoms with Crippen LogP contribution in [0.3, 0.4) is 0 Å². The van der Waals surface area contributed by atoms with Gasteiger partial charge in [-0.3, -0.25) is 38.6 Å². The van der Waals surface area contributed by atoms with E-state index in [1.54, 1.807) is 24.3 Å². The highest BCUT2D eigenvalue weighted by molar-refractivity contribution is 6.08. The first-order valence-corrected chi connectivity index (χ1v) is 14.3. The second-order valence-corrected chi connectivity index (χ2v) is 11.3. The Morgan fingerprint density at radius 3 is 2.02 bits per heavy atom. The van der Waals surface area contributed by atoms with Gasteiger partial charge in [0.25, 0.3) is 0 Å². The molecule has 2 heterocycles. The third-order valence-corrected chi connectivity index (χ3v) is 8.98. The van der Waals surface area contributed by atoms with Gasteiger partial charge in [-0.05, 0) is 37.7 Å². The Bertz CT molecular complexity index is 1340. The molecule has 12 heteroatoms. The van der Waals surface area contributed by atoms with Crippen molar-refractivity contribution in [1.82, 2.24) is 9.80 Å². The SMILES string of the molecule is O=C(O)CCCN1C(=O)[C@H]2[C@H](CC=C3[C@H]2C[C@H]2C(=O)N(CCCC(=O)O)C(=O)[C@H]2[C@H]3c2ccccc2OCCO)C1=O. The van der Waals surface area contributed by atoms with E-state index in [9.17, 15) is 33.9 Å². The van der Waals surface area contributed by atoms with Crippen molar-refractivity contribution in [3.63, 3.8) is 0 Å². The summed E-state index contributed by atoms with van der Waals surface area (Å²) >= 11 is 0. The van der Waals surface area contributed by atoms with Crippen LogP contribution in [0.15, 0.2) is 35.9 Å². The molecule has 5 rings (SSSR count). The van der Waals surface area contributed by atoms with Crippen LogP contribution in [0.2, 0.25) is 0 Å². The van der Waals surface area contributed by atoms with Crippen LogP contribution in [0.5, 0.6) is 5.75 Å². The fourth-order valence-corrected chi connectivity index (χ4v) is 7.31. The number of para-hydroxylation sites is 1. The van der Waals surface area contributed by atoms with E-state index in [2.05, 4.69) is 0 Å². The minimum Gasteiger partial charge on any atom is -0.491 e. The van der Waals surface area contributed by atoms with Crippen molar-refractivity contribution in [2.75, 3.05) is 26.3 Å². The Balaban J connectivity index is 1.53. The number of aliphatic carboxylic acids is 2. The highest BCUT2D eigenvalue weighted by Crippen LogP contribution is 2.58. The Morgan fingerprint density at radius 2 is 1.40 bits per heavy atom. The molecule has 4 aliphatic rings. The van der Waals surface area contributed by atoms with Gasteiger partial charge in [-0.25, -0.2) is 0 Å². The Kier molecular flexibility index (Phi) is 8.44. The summed E-state index contributed by atoms with van der Waals surface area (Å²) in [6.45, 7) is -0.251. The van der Waals surface area contributed by atoms with Crippen molar-refractivity contribution in [2.24, 2.45) is 29.6 Å². The fraction of sp³-hybridized carbons (Fsp3) is 0.533. The first-order valence-electron chi connectivity index (χ1n) is 14.3. The summed E-state index contributed by atoms with van der Waals surface area (Å²) in [5.74, 6) is -7.22. The van der Waals surface area contributed by atoms with Gasteiger partial charge in [0.05, 0.1) is 30.3 Å². The lowest BCUT2D eigenvalue weighted by Gasteiger charge is -2.44. The van der Waals surface area contributed by atoms with Gasteiger partial charge in [-0.15, -0.1) is 0 Å². The first-order chi connectivity index (χ1) is 20.1. The molecule has 3 fully saturated rings. The van der Waals surface area contributed by atoms with Crippen molar-refractivity contribution < 1.29 is 48.8 Å². The summed E-state index contributed by atoms with van der Waals surface area (Å²) in [5, 5.41) is 27.5. The monoisotopic (exact) mass is 582 g/mol. The standard InChI is InChI=1S/C30H34N2O10/c33-13-14-42-21-6-2-1-5-17(21)24-16-9-10-18-25(29(40)31(27(18)38)11-3-7-22(34)35)19(16)15-20-26(24)30(41)32(28(20)39)12-4-8-23(36)37/h1-2,5-6,9,18-20,24-26,33H,3-4,7-8,10-15H2,(H,34,35)(H,36,37)/t18-,19+,20+,24+,25-,26+/m0/s1. The molecule has 2 aliphatic heterocycles. The van der Waals surface area contributed by atoms with Crippen LogP contribution in [-0.4, -0.2) is 87.0 Å². The van der Waals surface area contributed by atoms with Crippen molar-refractivity contribution >= 4 is 35.6 Å². The lowest BCUT2D eigenvalue weighted by atomic mass is 9.57. The summed E-state index contributed by atoms with van der Waals surface area (Å²) in [5.41, 5.74) is 1.43. The van der Waals surface area contributed by atoms with Gasteiger partial charge >= 0.3 is 11.9 Å². The lowest BCUT2D eigenvalue weighted by molar-refractivity contribution is -0.143. The second-order valence-electron chi connectivity index (χ2n) is 11.3. The molecule has 224 valence electrons. The maximum absolute atomic E-state index is 13.9. The van der Waals surface area contributed by atoms with Crippen LogP contribution < -0.4 is 4.74 Å². The number of allylic oxidation sites excluding steroid dienone is 2. The molecule has 1 saturated carbocycles. The second kappa shape index (κ2) is 12.0. The highest BCUT2D eigenvalue weighted by atomic mass is 16.5. The molecule has 2 saturated heterocycles. The van der Waals surface area contributed by atoms with Crippen molar-refractivity contribution in [3.05, 3.63) is 41.5 Å². The largest absolute Gasteiger partial charge is 0.491 e. The molecular formula is C30H34N2O10. The number of carboxylic acid groups (broad SMARTS) is 2. The number of fused-ring (bicyclic) bond motifs is 4. The quantitative estimate of drug-likeness (QED) is 0.241. The van der Waals surface area contributed by atoms with Crippen LogP contribution in [0.1, 0.15) is 50.0 Å². The van der Waals surface area contributed by atoms with Gasteiger partial charge < -0.3 is 20.1 Å². The average Bonchev–Trinajstić information content (AvgIpc) is 3.35. The van der Waals surface area contributed by atoms with Crippen LogP contribution in [0.4, 0.5) is 0 Å². The maximum Gasteiger partial charge on any atom is 0.303 e. The van der Waals surface area contributed by atoms with Gasteiger partial charge in [-0.1, -0.05) is 29.8 Å². The number of imide groups is 2. The lowest BCUT2D eigenvalue weighted by Crippen LogP contribution is -2.43. The number of rotatable bonds is 12. The number of benzene rings is 1. The predicted molar refractivity (Wildman–Crippen MR) is 144 cm³/mol. The predicted octanol–water partition coefficient (Wildman–Crippen LogP) is 1.42. The molecular weight excluding hydrogens is 548 g/mol. The molecule has 0 aromatic heterocycles. The zero-order valence-electron chi connectivity index (χ0n) is 23.0. The van der Waals surface area contributed by atoms with Crippen LogP contribution >= 0.6 is 0 Å². The summed E-state index contributed by atoms with van der Waals surface area (Å²) < 4.78 is 5.82. The number of aliphatic hydroxyl groups is 1. The van der Waals surface area contributed by atoms with Crippen LogP contribution in [0.25, 0.3) is 0 Å². The van der Waals surface area contributed by atoms with E-state index in [1.165, 1.54) is 0 Å². The number of carbonyl (C=O) groups excluding carboxylic acids is 4. The number of hydrogen-bond donors (Lipinski definition) is 3. The van der Waals surface area contributed by atoms with E-state index < -0.39 is 59.3 Å². The number of hydrogen-bond acceptors (Lipinski definition) is 8. The molecule has 3 N–H and O–H groups in total. The molecule has 12 nitrogen and oxygen atoms in total. The number of aliphatic hydroxyl groups excluding tert-OH is 1. The summed E-state index contributed by atoms with van der Waals surface area (Å²) in [6, 6.07) is 7.06. The topological polar surface area (TPSA) is 179 Å². The van der Waals surface area contributed by atoms with E-state index in [0.717, 1.165) is 15.4 Å². The third-order valence-electron chi connectivity index (χ3n) is 8.98. The Labute approximate surface area is 241 Å². The van der Waals surface area contributed by atoms with Gasteiger partial charge in [0.1, 0.15) is 12.4 Å². The number of carboxylic acids is 2. The molecule has 42 heavy (non-hydrogen) atoms. The highest BCUT2D eigenvalue weighted by Gasteiger charge is 2.62. The Hall–Kier alpha value is -4.06. The molecule has 0 spiro atoms. The van der Waals surface area contributed by atoms with Gasteiger partial charge in [0.15, 0.2) is 0 Å². The van der Waals surface area contributed by atoms with E-state index in [4.69, 9.17) is 14.9 Å². The van der Waals surface area contributed by atoms with Gasteiger partial charge in [0.2, 0.25) is 23.6 Å². The molecule has 1 aromatic carbocycles. The molecule has 0 bridgehead atoms. The first kappa shape index (κ1) is 29.4. The number of amides is 4. The molecule has 0 unspecified atom stereocenters. The minimum absolute atomic E-state index is 0.00110. The number of ether oxygens (including phenoxy) is 1. The zero-order valence-corrected chi connectivity index (χ0v) is 23.0. The zero-order chi connectivity index (χ0) is 30.1. The smallest absolute Gasteiger partial charge is 0.303 e. The van der Waals surface area contributed by atoms with E-state index in [-0.39, 0.29) is 76.6 Å². The van der Waals surface area contributed by atoms with Crippen molar-refractivity contribution in [2.45, 2.75) is 44.4 Å². The van der Waals surface area contributed by atoms with Crippen LogP contribution in [-0.2, 0) is 28.8 Å². The summed E-state index contributed by atoms with van der Waals surface area (Å²) in [7, 11) is 0. The number of nitrogens with zero attached hydrogens (tertiary/aromatic N) is 2. The molecule has 0 radical (unpaired) electrons. The van der Waals surface area contributed by atoms with Crippen molar-refractivity contribution in [1.29, 1.82) is 0 Å². The number of likely N-dealkylation sites (tertiary alicyclic amines) is 2. The minimum atomic E-state index is -1.03. The normalized spacial score (nSPS) is 28.4. The van der Waals surface area contributed by atoms with Crippen molar-refractivity contribution in [3.8, 4) is 5.75 Å². The van der Waals surface area contributed by atoms with Crippen LogP contribution in [0, 0.1) is 29.6 Å². The fourth-order valence-electron chi connectivity index (χ4n) is 7.31. The molecule has 1 aromatic rings. The maximum atomic E-state index is 13.9. The average molecular weight is 583 g/mol. The third kappa shape index (κ3) is 5.19. The Morgan fingerprint density at radius 1 is 0.810 bits per heavy atom.